The maximum Gasteiger partial charge on any atom is 0.0369 e. The molecule has 20 heavy (non-hydrogen) atoms. The summed E-state index contributed by atoms with van der Waals surface area (Å²) in [5.41, 5.74) is 4.64. The zero-order valence-electron chi connectivity index (χ0n) is 13.0. The van der Waals surface area contributed by atoms with Crippen LogP contribution < -0.4 is 10.2 Å². The van der Waals surface area contributed by atoms with Crippen molar-refractivity contribution in [2.45, 2.75) is 52.0 Å². The van der Waals surface area contributed by atoms with Crippen LogP contribution in [0.15, 0.2) is 18.2 Å². The SMILES string of the molecule is CCC1CCN(c2ccc3c(c2)CCC3)CC(C)CN1. The Morgan fingerprint density at radius 3 is 2.95 bits per heavy atom. The van der Waals surface area contributed by atoms with Gasteiger partial charge < -0.3 is 10.2 Å². The number of aryl methyl sites for hydroxylation is 2. The average molecular weight is 272 g/mol. The molecule has 1 fully saturated rings. The zero-order chi connectivity index (χ0) is 13.9. The molecule has 2 atom stereocenters. The Morgan fingerprint density at radius 1 is 1.25 bits per heavy atom. The molecule has 0 amide bonds. The van der Waals surface area contributed by atoms with E-state index in [1.54, 1.807) is 11.1 Å². The van der Waals surface area contributed by atoms with Crippen molar-refractivity contribution in [1.82, 2.24) is 5.32 Å². The first-order valence-electron chi connectivity index (χ1n) is 8.36. The van der Waals surface area contributed by atoms with Crippen molar-refractivity contribution < 1.29 is 0 Å². The second kappa shape index (κ2) is 6.17. The van der Waals surface area contributed by atoms with Gasteiger partial charge in [-0.15, -0.1) is 0 Å². The van der Waals surface area contributed by atoms with Gasteiger partial charge in [0.2, 0.25) is 0 Å². The molecule has 1 aromatic carbocycles. The van der Waals surface area contributed by atoms with E-state index in [-0.39, 0.29) is 0 Å². The second-order valence-corrected chi connectivity index (χ2v) is 6.66. The van der Waals surface area contributed by atoms with Gasteiger partial charge in [-0.2, -0.15) is 0 Å². The first-order valence-corrected chi connectivity index (χ1v) is 8.36. The highest BCUT2D eigenvalue weighted by atomic mass is 15.1. The largest absolute Gasteiger partial charge is 0.371 e. The second-order valence-electron chi connectivity index (χ2n) is 6.66. The highest BCUT2D eigenvalue weighted by molar-refractivity contribution is 5.52. The fourth-order valence-corrected chi connectivity index (χ4v) is 3.65. The van der Waals surface area contributed by atoms with Crippen LogP contribution in [-0.2, 0) is 12.8 Å². The number of anilines is 1. The van der Waals surface area contributed by atoms with E-state index in [1.165, 1.54) is 50.9 Å². The monoisotopic (exact) mass is 272 g/mol. The van der Waals surface area contributed by atoms with Gasteiger partial charge in [0.05, 0.1) is 0 Å². The van der Waals surface area contributed by atoms with Gasteiger partial charge in [0, 0.05) is 24.8 Å². The molecule has 1 aliphatic heterocycles. The molecule has 2 nitrogen and oxygen atoms in total. The Morgan fingerprint density at radius 2 is 2.10 bits per heavy atom. The summed E-state index contributed by atoms with van der Waals surface area (Å²) in [6.45, 7) is 8.19. The molecule has 2 unspecified atom stereocenters. The molecule has 110 valence electrons. The fraction of sp³-hybridized carbons (Fsp3) is 0.667. The highest BCUT2D eigenvalue weighted by Gasteiger charge is 2.19. The van der Waals surface area contributed by atoms with Crippen molar-refractivity contribution >= 4 is 5.69 Å². The van der Waals surface area contributed by atoms with Crippen molar-refractivity contribution in [2.75, 3.05) is 24.5 Å². The van der Waals surface area contributed by atoms with Crippen LogP contribution in [0.25, 0.3) is 0 Å². The van der Waals surface area contributed by atoms with Crippen molar-refractivity contribution in [3.05, 3.63) is 29.3 Å². The van der Waals surface area contributed by atoms with Crippen LogP contribution in [0.3, 0.4) is 0 Å². The summed E-state index contributed by atoms with van der Waals surface area (Å²) in [5.74, 6) is 0.720. The Balaban J connectivity index is 1.76. The topological polar surface area (TPSA) is 15.3 Å². The van der Waals surface area contributed by atoms with Gasteiger partial charge in [0.25, 0.3) is 0 Å². The summed E-state index contributed by atoms with van der Waals surface area (Å²) in [5, 5.41) is 3.71. The third-order valence-corrected chi connectivity index (χ3v) is 4.97. The standard InChI is InChI=1S/C18H28N2/c1-3-17-9-10-20(13-14(2)12-19-17)18-8-7-15-5-4-6-16(15)11-18/h7-8,11,14,17,19H,3-6,9-10,12-13H2,1-2H3. The van der Waals surface area contributed by atoms with E-state index in [0.717, 1.165) is 12.5 Å². The predicted molar refractivity (Wildman–Crippen MR) is 86.5 cm³/mol. The molecule has 1 saturated heterocycles. The van der Waals surface area contributed by atoms with Crippen molar-refractivity contribution in [3.63, 3.8) is 0 Å². The van der Waals surface area contributed by atoms with Crippen molar-refractivity contribution in [3.8, 4) is 0 Å². The zero-order valence-corrected chi connectivity index (χ0v) is 13.0. The minimum atomic E-state index is 0.690. The Hall–Kier alpha value is -1.02. The highest BCUT2D eigenvalue weighted by Crippen LogP contribution is 2.28. The van der Waals surface area contributed by atoms with Crippen LogP contribution in [0.5, 0.6) is 0 Å². The smallest absolute Gasteiger partial charge is 0.0369 e. The summed E-state index contributed by atoms with van der Waals surface area (Å²) in [7, 11) is 0. The van der Waals surface area contributed by atoms with Crippen LogP contribution in [0.2, 0.25) is 0 Å². The summed E-state index contributed by atoms with van der Waals surface area (Å²) in [6, 6.07) is 7.88. The Bertz CT molecular complexity index is 455. The molecule has 1 heterocycles. The molecule has 0 spiro atoms. The maximum absolute atomic E-state index is 3.71. The molecular weight excluding hydrogens is 244 g/mol. The van der Waals surface area contributed by atoms with Gasteiger partial charge in [0.1, 0.15) is 0 Å². The van der Waals surface area contributed by atoms with Crippen LogP contribution in [-0.4, -0.2) is 25.7 Å². The lowest BCUT2D eigenvalue weighted by Gasteiger charge is -2.34. The van der Waals surface area contributed by atoms with E-state index < -0.39 is 0 Å². The summed E-state index contributed by atoms with van der Waals surface area (Å²) >= 11 is 0. The summed E-state index contributed by atoms with van der Waals surface area (Å²) in [6.07, 6.45) is 6.42. The number of fused-ring (bicyclic) bond motifs is 1. The number of nitrogens with zero attached hydrogens (tertiary/aromatic N) is 1. The first-order chi connectivity index (χ1) is 9.76. The molecule has 1 aliphatic carbocycles. The van der Waals surface area contributed by atoms with E-state index in [0.29, 0.717) is 6.04 Å². The minimum Gasteiger partial charge on any atom is -0.371 e. The van der Waals surface area contributed by atoms with E-state index in [4.69, 9.17) is 0 Å². The molecule has 0 bridgehead atoms. The van der Waals surface area contributed by atoms with Crippen molar-refractivity contribution in [1.29, 1.82) is 0 Å². The molecule has 0 aromatic heterocycles. The van der Waals surface area contributed by atoms with Gasteiger partial charge in [0.15, 0.2) is 0 Å². The number of hydrogen-bond acceptors (Lipinski definition) is 2. The predicted octanol–water partition coefficient (Wildman–Crippen LogP) is 3.39. The molecular formula is C18H28N2. The Labute approximate surface area is 123 Å². The van der Waals surface area contributed by atoms with Crippen LogP contribution in [0, 0.1) is 5.92 Å². The van der Waals surface area contributed by atoms with Crippen molar-refractivity contribution in [2.24, 2.45) is 5.92 Å². The lowest BCUT2D eigenvalue weighted by molar-refractivity contribution is 0.388. The van der Waals surface area contributed by atoms with Crippen LogP contribution >= 0.6 is 0 Å². The molecule has 2 heteroatoms. The first kappa shape index (κ1) is 13.9. The lowest BCUT2D eigenvalue weighted by atomic mass is 10.0. The van der Waals surface area contributed by atoms with Crippen LogP contribution in [0.1, 0.15) is 44.2 Å². The van der Waals surface area contributed by atoms with E-state index in [1.807, 2.05) is 0 Å². The number of benzene rings is 1. The quantitative estimate of drug-likeness (QED) is 0.888. The summed E-state index contributed by atoms with van der Waals surface area (Å²) < 4.78 is 0. The van der Waals surface area contributed by atoms with Gasteiger partial charge in [-0.1, -0.05) is 19.9 Å². The maximum atomic E-state index is 3.71. The van der Waals surface area contributed by atoms with Gasteiger partial charge in [-0.05, 0) is 67.8 Å². The fourth-order valence-electron chi connectivity index (χ4n) is 3.65. The molecule has 2 aliphatic rings. The molecule has 0 radical (unpaired) electrons. The minimum absolute atomic E-state index is 0.690. The van der Waals surface area contributed by atoms with Crippen LogP contribution in [0.4, 0.5) is 5.69 Å². The average Bonchev–Trinajstić information content (AvgIpc) is 2.90. The molecule has 1 N–H and O–H groups in total. The summed E-state index contributed by atoms with van der Waals surface area (Å²) in [4.78, 5) is 2.62. The van der Waals surface area contributed by atoms with Gasteiger partial charge in [-0.3, -0.25) is 0 Å². The van der Waals surface area contributed by atoms with Gasteiger partial charge >= 0.3 is 0 Å². The lowest BCUT2D eigenvalue weighted by Crippen LogP contribution is -2.43. The third-order valence-electron chi connectivity index (χ3n) is 4.97. The van der Waals surface area contributed by atoms with E-state index in [2.05, 4.69) is 42.3 Å². The number of nitrogens with one attached hydrogen (secondary N) is 1. The molecule has 1 aromatic rings. The number of rotatable bonds is 2. The normalized spacial score (nSPS) is 27.0. The molecule has 3 rings (SSSR count). The Kier molecular flexibility index (Phi) is 4.30. The van der Waals surface area contributed by atoms with Gasteiger partial charge in [-0.25, -0.2) is 0 Å². The molecule has 0 saturated carbocycles. The van der Waals surface area contributed by atoms with E-state index >= 15 is 0 Å². The third kappa shape index (κ3) is 3.01. The number of hydrogen-bond donors (Lipinski definition) is 1. The van der Waals surface area contributed by atoms with E-state index in [9.17, 15) is 0 Å².